The molecule has 1 aliphatic heterocycles. The van der Waals surface area contributed by atoms with Crippen LogP contribution in [0.1, 0.15) is 17.5 Å². The highest BCUT2D eigenvalue weighted by Crippen LogP contribution is 2.23. The van der Waals surface area contributed by atoms with E-state index in [1.54, 1.807) is 6.07 Å². The van der Waals surface area contributed by atoms with Gasteiger partial charge >= 0.3 is 0 Å². The molecule has 0 aliphatic carbocycles. The molecule has 2 aromatic rings. The van der Waals surface area contributed by atoms with Gasteiger partial charge in [0.25, 0.3) is 0 Å². The number of carbonyl (C=O) groups is 1. The Morgan fingerprint density at radius 3 is 2.30 bits per heavy atom. The Morgan fingerprint density at radius 1 is 0.963 bits per heavy atom. The molecule has 1 N–H and O–H groups in total. The highest BCUT2D eigenvalue weighted by Gasteiger charge is 2.14. The largest absolute Gasteiger partial charge is 0.369 e. The fraction of sp³-hybridized carbons (Fsp3) is 0.381. The fourth-order valence-corrected chi connectivity index (χ4v) is 3.45. The molecule has 0 saturated carbocycles. The number of halogens is 2. The minimum Gasteiger partial charge on any atom is -0.369 e. The van der Waals surface area contributed by atoms with E-state index in [0.29, 0.717) is 29.4 Å². The van der Waals surface area contributed by atoms with Crippen molar-refractivity contribution in [1.82, 2.24) is 10.2 Å². The minimum atomic E-state index is 0.0317. The van der Waals surface area contributed by atoms with Crippen LogP contribution < -0.4 is 10.2 Å². The molecule has 0 aromatic heterocycles. The number of hydrogen-bond donors (Lipinski definition) is 1. The zero-order valence-corrected chi connectivity index (χ0v) is 17.1. The van der Waals surface area contributed by atoms with E-state index in [4.69, 9.17) is 23.2 Å². The van der Waals surface area contributed by atoms with Crippen LogP contribution >= 0.6 is 23.2 Å². The number of anilines is 1. The van der Waals surface area contributed by atoms with E-state index in [9.17, 15) is 4.79 Å². The first-order valence-electron chi connectivity index (χ1n) is 9.24. The lowest BCUT2D eigenvalue weighted by Crippen LogP contribution is -2.44. The van der Waals surface area contributed by atoms with Gasteiger partial charge in [0.2, 0.25) is 5.91 Å². The molecule has 1 amide bonds. The van der Waals surface area contributed by atoms with Gasteiger partial charge in [0, 0.05) is 44.8 Å². The number of rotatable bonds is 6. The second-order valence-corrected chi connectivity index (χ2v) is 7.80. The van der Waals surface area contributed by atoms with Gasteiger partial charge in [-0.25, -0.2) is 0 Å². The standard InChI is InChI=1S/C21H25Cl2N3O/c1-25-10-12-26(13-11-25)18-6-2-17(3-7-18)15-24-21(27)9-5-16-4-8-19(22)20(23)14-16/h2-4,6-8,14H,5,9-13,15H2,1H3,(H,24,27). The van der Waals surface area contributed by atoms with E-state index in [1.807, 2.05) is 12.1 Å². The Hall–Kier alpha value is -1.75. The zero-order valence-electron chi connectivity index (χ0n) is 15.5. The van der Waals surface area contributed by atoms with Gasteiger partial charge in [0.05, 0.1) is 10.0 Å². The lowest BCUT2D eigenvalue weighted by Gasteiger charge is -2.34. The molecule has 1 aliphatic rings. The predicted molar refractivity (Wildman–Crippen MR) is 113 cm³/mol. The summed E-state index contributed by atoms with van der Waals surface area (Å²) in [5, 5.41) is 4.04. The summed E-state index contributed by atoms with van der Waals surface area (Å²) in [6.45, 7) is 4.85. The number of aryl methyl sites for hydroxylation is 1. The van der Waals surface area contributed by atoms with E-state index in [0.717, 1.165) is 37.3 Å². The topological polar surface area (TPSA) is 35.6 Å². The third kappa shape index (κ3) is 5.86. The summed E-state index contributed by atoms with van der Waals surface area (Å²) in [5.74, 6) is 0.0317. The monoisotopic (exact) mass is 405 g/mol. The molecular formula is C21H25Cl2N3O. The fourth-order valence-electron chi connectivity index (χ4n) is 3.13. The first-order valence-corrected chi connectivity index (χ1v) is 10.00. The van der Waals surface area contributed by atoms with E-state index in [-0.39, 0.29) is 5.91 Å². The Morgan fingerprint density at radius 2 is 1.63 bits per heavy atom. The number of likely N-dealkylation sites (N-methyl/N-ethyl adjacent to an activating group) is 1. The second-order valence-electron chi connectivity index (χ2n) is 6.98. The van der Waals surface area contributed by atoms with Crippen molar-refractivity contribution < 1.29 is 4.79 Å². The highest BCUT2D eigenvalue weighted by molar-refractivity contribution is 6.42. The van der Waals surface area contributed by atoms with Gasteiger partial charge in [0.15, 0.2) is 0 Å². The van der Waals surface area contributed by atoms with Crippen molar-refractivity contribution in [2.45, 2.75) is 19.4 Å². The maximum atomic E-state index is 12.1. The summed E-state index contributed by atoms with van der Waals surface area (Å²) in [4.78, 5) is 16.9. The third-order valence-electron chi connectivity index (χ3n) is 4.92. The molecule has 0 radical (unpaired) electrons. The van der Waals surface area contributed by atoms with Crippen LogP contribution in [0.5, 0.6) is 0 Å². The summed E-state index contributed by atoms with van der Waals surface area (Å²) in [6.07, 6.45) is 1.07. The number of benzene rings is 2. The number of amides is 1. The molecule has 27 heavy (non-hydrogen) atoms. The summed E-state index contributed by atoms with van der Waals surface area (Å²) >= 11 is 11.9. The predicted octanol–water partition coefficient (Wildman–Crippen LogP) is 3.99. The average Bonchev–Trinajstić information content (AvgIpc) is 2.68. The average molecular weight is 406 g/mol. The van der Waals surface area contributed by atoms with Gasteiger partial charge in [0.1, 0.15) is 0 Å². The Labute approximate surface area is 171 Å². The maximum absolute atomic E-state index is 12.1. The molecule has 1 heterocycles. The molecule has 1 saturated heterocycles. The van der Waals surface area contributed by atoms with Crippen molar-refractivity contribution in [3.05, 3.63) is 63.6 Å². The van der Waals surface area contributed by atoms with Gasteiger partial charge in [-0.05, 0) is 48.9 Å². The summed E-state index contributed by atoms with van der Waals surface area (Å²) in [5.41, 5.74) is 3.37. The smallest absolute Gasteiger partial charge is 0.220 e. The molecule has 2 aromatic carbocycles. The number of nitrogens with one attached hydrogen (secondary N) is 1. The number of nitrogens with zero attached hydrogens (tertiary/aromatic N) is 2. The van der Waals surface area contributed by atoms with Crippen molar-refractivity contribution >= 4 is 34.8 Å². The van der Waals surface area contributed by atoms with Crippen LogP contribution in [0.25, 0.3) is 0 Å². The summed E-state index contributed by atoms with van der Waals surface area (Å²) in [7, 11) is 2.16. The molecule has 4 nitrogen and oxygen atoms in total. The third-order valence-corrected chi connectivity index (χ3v) is 5.66. The van der Waals surface area contributed by atoms with Crippen LogP contribution in [0, 0.1) is 0 Å². The molecule has 3 rings (SSSR count). The molecule has 0 unspecified atom stereocenters. The Bertz CT molecular complexity index is 771. The van der Waals surface area contributed by atoms with E-state index in [1.165, 1.54) is 5.69 Å². The normalized spacial score (nSPS) is 15.0. The molecule has 144 valence electrons. The van der Waals surface area contributed by atoms with Crippen LogP contribution in [0.15, 0.2) is 42.5 Å². The van der Waals surface area contributed by atoms with Gasteiger partial charge in [-0.2, -0.15) is 0 Å². The van der Waals surface area contributed by atoms with E-state index < -0.39 is 0 Å². The molecular weight excluding hydrogens is 381 g/mol. The summed E-state index contributed by atoms with van der Waals surface area (Å²) < 4.78 is 0. The second kappa shape index (κ2) is 9.45. The number of carbonyl (C=O) groups excluding carboxylic acids is 1. The lowest BCUT2D eigenvalue weighted by atomic mass is 10.1. The van der Waals surface area contributed by atoms with Crippen molar-refractivity contribution in [3.63, 3.8) is 0 Å². The van der Waals surface area contributed by atoms with Crippen LogP contribution in [0.2, 0.25) is 10.0 Å². The van der Waals surface area contributed by atoms with Crippen molar-refractivity contribution in [2.75, 3.05) is 38.1 Å². The number of hydrogen-bond acceptors (Lipinski definition) is 3. The van der Waals surface area contributed by atoms with Crippen molar-refractivity contribution in [1.29, 1.82) is 0 Å². The molecule has 0 bridgehead atoms. The molecule has 0 spiro atoms. The van der Waals surface area contributed by atoms with Crippen molar-refractivity contribution in [2.24, 2.45) is 0 Å². The SMILES string of the molecule is CN1CCN(c2ccc(CNC(=O)CCc3ccc(Cl)c(Cl)c3)cc2)CC1. The lowest BCUT2D eigenvalue weighted by molar-refractivity contribution is -0.121. The first kappa shape index (κ1) is 20.0. The van der Waals surface area contributed by atoms with Crippen LogP contribution in [-0.2, 0) is 17.8 Å². The van der Waals surface area contributed by atoms with Crippen LogP contribution in [0.3, 0.4) is 0 Å². The summed E-state index contributed by atoms with van der Waals surface area (Å²) in [6, 6.07) is 13.9. The van der Waals surface area contributed by atoms with Crippen molar-refractivity contribution in [3.8, 4) is 0 Å². The van der Waals surface area contributed by atoms with Gasteiger partial charge in [-0.15, -0.1) is 0 Å². The Kier molecular flexibility index (Phi) is 7.00. The first-order chi connectivity index (χ1) is 13.0. The van der Waals surface area contributed by atoms with Crippen LogP contribution in [-0.4, -0.2) is 44.0 Å². The zero-order chi connectivity index (χ0) is 19.2. The quantitative estimate of drug-likeness (QED) is 0.788. The van der Waals surface area contributed by atoms with E-state index >= 15 is 0 Å². The van der Waals surface area contributed by atoms with Gasteiger partial charge < -0.3 is 15.1 Å². The Balaban J connectivity index is 1.43. The van der Waals surface area contributed by atoms with Gasteiger partial charge in [-0.3, -0.25) is 4.79 Å². The molecule has 6 heteroatoms. The van der Waals surface area contributed by atoms with Crippen LogP contribution in [0.4, 0.5) is 5.69 Å². The van der Waals surface area contributed by atoms with Gasteiger partial charge in [-0.1, -0.05) is 41.4 Å². The van der Waals surface area contributed by atoms with E-state index in [2.05, 4.69) is 46.4 Å². The maximum Gasteiger partial charge on any atom is 0.220 e. The molecule has 1 fully saturated rings. The number of piperazine rings is 1. The molecule has 0 atom stereocenters. The minimum absolute atomic E-state index is 0.0317. The highest BCUT2D eigenvalue weighted by atomic mass is 35.5.